The van der Waals surface area contributed by atoms with Crippen molar-refractivity contribution in [1.29, 1.82) is 0 Å². The predicted octanol–water partition coefficient (Wildman–Crippen LogP) is 5.54. The third-order valence-electron chi connectivity index (χ3n) is 3.75. The molecule has 3 rings (SSSR count). The van der Waals surface area contributed by atoms with E-state index in [1.54, 1.807) is 12.1 Å². The zero-order valence-electron chi connectivity index (χ0n) is 14.3. The molecule has 0 aliphatic rings. The van der Waals surface area contributed by atoms with Crippen molar-refractivity contribution >= 4 is 23.3 Å². The van der Waals surface area contributed by atoms with Crippen LogP contribution in [0, 0.1) is 15.9 Å². The Morgan fingerprint density at radius 1 is 1.07 bits per heavy atom. The molecule has 0 unspecified atom stereocenters. The Morgan fingerprint density at radius 2 is 1.79 bits per heavy atom. The van der Waals surface area contributed by atoms with E-state index in [0.717, 1.165) is 0 Å². The highest BCUT2D eigenvalue weighted by Gasteiger charge is 2.17. The van der Waals surface area contributed by atoms with Crippen LogP contribution in [0.4, 0.5) is 10.1 Å². The monoisotopic (exact) mass is 401 g/mol. The Labute approximate surface area is 164 Å². The van der Waals surface area contributed by atoms with Crippen LogP contribution in [-0.2, 0) is 11.3 Å². The molecule has 0 N–H and O–H groups in total. The minimum absolute atomic E-state index is 0.0179. The van der Waals surface area contributed by atoms with Crippen LogP contribution in [0.25, 0.3) is 0 Å². The van der Waals surface area contributed by atoms with Crippen molar-refractivity contribution in [2.45, 2.75) is 6.61 Å². The average molecular weight is 402 g/mol. The average Bonchev–Trinajstić information content (AvgIpc) is 2.69. The quantitative estimate of drug-likeness (QED) is 0.308. The molecule has 0 fully saturated rings. The molecule has 0 heterocycles. The summed E-state index contributed by atoms with van der Waals surface area (Å²) in [6, 6.07) is 15.9. The van der Waals surface area contributed by atoms with E-state index in [9.17, 15) is 19.3 Å². The van der Waals surface area contributed by atoms with E-state index < -0.39 is 16.7 Å². The van der Waals surface area contributed by atoms with Crippen molar-refractivity contribution in [3.63, 3.8) is 0 Å². The zero-order chi connectivity index (χ0) is 20.1. The highest BCUT2D eigenvalue weighted by atomic mass is 35.5. The third kappa shape index (κ3) is 4.63. The molecular weight excluding hydrogens is 389 g/mol. The molecule has 8 heteroatoms. The summed E-state index contributed by atoms with van der Waals surface area (Å²) in [4.78, 5) is 22.6. The van der Waals surface area contributed by atoms with Crippen molar-refractivity contribution in [2.24, 2.45) is 0 Å². The second kappa shape index (κ2) is 8.49. The normalized spacial score (nSPS) is 10.4. The molecule has 0 saturated heterocycles. The van der Waals surface area contributed by atoms with Crippen LogP contribution in [0.2, 0.25) is 5.02 Å². The largest absolute Gasteiger partial charge is 0.457 e. The van der Waals surface area contributed by atoms with Gasteiger partial charge in [-0.2, -0.15) is 0 Å². The van der Waals surface area contributed by atoms with Gasteiger partial charge in [0, 0.05) is 16.7 Å². The van der Waals surface area contributed by atoms with Gasteiger partial charge in [0.1, 0.15) is 18.2 Å². The summed E-state index contributed by atoms with van der Waals surface area (Å²) in [7, 11) is 0. The van der Waals surface area contributed by atoms with Crippen LogP contribution in [-0.4, -0.2) is 10.9 Å². The molecular formula is C20H13ClFNO5. The number of carbonyl (C=O) groups excluding carboxylic acids is 1. The fourth-order valence-electron chi connectivity index (χ4n) is 2.35. The summed E-state index contributed by atoms with van der Waals surface area (Å²) < 4.78 is 24.1. The lowest BCUT2D eigenvalue weighted by Gasteiger charge is -2.08. The van der Waals surface area contributed by atoms with Crippen LogP contribution in [0.3, 0.4) is 0 Å². The molecule has 0 saturated carbocycles. The number of nitro groups is 1. The van der Waals surface area contributed by atoms with Gasteiger partial charge in [0.15, 0.2) is 0 Å². The molecule has 0 radical (unpaired) electrons. The number of nitro benzene ring substituents is 1. The first kappa shape index (κ1) is 19.3. The standard InChI is InChI=1S/C20H13ClFNO5/c21-15-7-10-19(18(11-15)23(25)26)28-16-8-5-13(6-9-16)20(24)27-12-14-3-1-2-4-17(14)22/h1-11H,12H2. The van der Waals surface area contributed by atoms with E-state index in [1.165, 1.54) is 54.6 Å². The van der Waals surface area contributed by atoms with Gasteiger partial charge in [-0.05, 0) is 42.5 Å². The molecule has 0 aromatic heterocycles. The van der Waals surface area contributed by atoms with E-state index in [2.05, 4.69) is 0 Å². The van der Waals surface area contributed by atoms with Gasteiger partial charge in [-0.15, -0.1) is 0 Å². The molecule has 0 aliphatic heterocycles. The van der Waals surface area contributed by atoms with E-state index in [-0.39, 0.29) is 39.9 Å². The van der Waals surface area contributed by atoms with E-state index in [0.29, 0.717) is 0 Å². The molecule has 0 spiro atoms. The van der Waals surface area contributed by atoms with Gasteiger partial charge in [0.05, 0.1) is 10.5 Å². The van der Waals surface area contributed by atoms with Crippen molar-refractivity contribution < 1.29 is 23.6 Å². The van der Waals surface area contributed by atoms with Crippen LogP contribution < -0.4 is 4.74 Å². The van der Waals surface area contributed by atoms with Gasteiger partial charge >= 0.3 is 11.7 Å². The molecule has 0 amide bonds. The molecule has 142 valence electrons. The second-order valence-corrected chi connectivity index (χ2v) is 6.10. The smallest absolute Gasteiger partial charge is 0.338 e. The Morgan fingerprint density at radius 3 is 2.46 bits per heavy atom. The van der Waals surface area contributed by atoms with Gasteiger partial charge in [0.2, 0.25) is 5.75 Å². The Hall–Kier alpha value is -3.45. The SMILES string of the molecule is O=C(OCc1ccccc1F)c1ccc(Oc2ccc(Cl)cc2[N+](=O)[O-])cc1. The molecule has 28 heavy (non-hydrogen) atoms. The van der Waals surface area contributed by atoms with Gasteiger partial charge in [-0.3, -0.25) is 10.1 Å². The molecule has 3 aromatic carbocycles. The first-order chi connectivity index (χ1) is 13.4. The fourth-order valence-corrected chi connectivity index (χ4v) is 2.51. The molecule has 6 nitrogen and oxygen atoms in total. The molecule has 3 aromatic rings. The lowest BCUT2D eigenvalue weighted by Crippen LogP contribution is -2.06. The number of esters is 1. The number of hydrogen-bond acceptors (Lipinski definition) is 5. The Bertz CT molecular complexity index is 1020. The predicted molar refractivity (Wildman–Crippen MR) is 100 cm³/mol. The van der Waals surface area contributed by atoms with E-state index in [1.807, 2.05) is 0 Å². The van der Waals surface area contributed by atoms with Crippen LogP contribution in [0.15, 0.2) is 66.7 Å². The van der Waals surface area contributed by atoms with Gasteiger partial charge in [0.25, 0.3) is 0 Å². The number of hydrogen-bond donors (Lipinski definition) is 0. The maximum atomic E-state index is 13.6. The van der Waals surface area contributed by atoms with Crippen molar-refractivity contribution in [3.8, 4) is 11.5 Å². The van der Waals surface area contributed by atoms with Gasteiger partial charge in [-0.1, -0.05) is 29.8 Å². The Balaban J connectivity index is 1.67. The highest BCUT2D eigenvalue weighted by Crippen LogP contribution is 2.33. The number of benzene rings is 3. The topological polar surface area (TPSA) is 78.7 Å². The number of nitrogens with zero attached hydrogens (tertiary/aromatic N) is 1. The lowest BCUT2D eigenvalue weighted by atomic mass is 10.2. The van der Waals surface area contributed by atoms with Crippen LogP contribution >= 0.6 is 11.6 Å². The zero-order valence-corrected chi connectivity index (χ0v) is 15.1. The van der Waals surface area contributed by atoms with Crippen LogP contribution in [0.5, 0.6) is 11.5 Å². The van der Waals surface area contributed by atoms with E-state index >= 15 is 0 Å². The summed E-state index contributed by atoms with van der Waals surface area (Å²) in [5.74, 6) is -0.781. The second-order valence-electron chi connectivity index (χ2n) is 5.66. The Kier molecular flexibility index (Phi) is 5.86. The number of halogens is 2. The number of carbonyl (C=O) groups is 1. The first-order valence-electron chi connectivity index (χ1n) is 8.06. The summed E-state index contributed by atoms with van der Waals surface area (Å²) in [6.07, 6.45) is 0. The van der Waals surface area contributed by atoms with Crippen molar-refractivity contribution in [1.82, 2.24) is 0 Å². The number of rotatable bonds is 6. The van der Waals surface area contributed by atoms with E-state index in [4.69, 9.17) is 21.1 Å². The molecule has 0 atom stereocenters. The minimum atomic E-state index is -0.632. The number of ether oxygens (including phenoxy) is 2. The summed E-state index contributed by atoms with van der Waals surface area (Å²) in [6.45, 7) is -0.194. The van der Waals surface area contributed by atoms with Gasteiger partial charge in [-0.25, -0.2) is 9.18 Å². The maximum Gasteiger partial charge on any atom is 0.338 e. The van der Waals surface area contributed by atoms with Crippen LogP contribution in [0.1, 0.15) is 15.9 Å². The van der Waals surface area contributed by atoms with Crippen molar-refractivity contribution in [3.05, 3.63) is 98.8 Å². The summed E-state index contributed by atoms with van der Waals surface area (Å²) in [5.41, 5.74) is 0.223. The maximum absolute atomic E-state index is 13.6. The fraction of sp³-hybridized carbons (Fsp3) is 0.0500. The lowest BCUT2D eigenvalue weighted by molar-refractivity contribution is -0.385. The highest BCUT2D eigenvalue weighted by molar-refractivity contribution is 6.30. The summed E-state index contributed by atoms with van der Waals surface area (Å²) in [5, 5.41) is 11.3. The van der Waals surface area contributed by atoms with Crippen molar-refractivity contribution in [2.75, 3.05) is 0 Å². The minimum Gasteiger partial charge on any atom is -0.457 e. The molecule has 0 aliphatic carbocycles. The third-order valence-corrected chi connectivity index (χ3v) is 3.99. The summed E-state index contributed by atoms with van der Waals surface area (Å²) >= 11 is 5.77. The first-order valence-corrected chi connectivity index (χ1v) is 8.44. The van der Waals surface area contributed by atoms with Gasteiger partial charge < -0.3 is 9.47 Å². The molecule has 0 bridgehead atoms.